The Balaban J connectivity index is 1.55. The summed E-state index contributed by atoms with van der Waals surface area (Å²) >= 11 is 6.31. The Morgan fingerprint density at radius 3 is 2.22 bits per heavy atom. The monoisotopic (exact) mass is 566 g/mol. The fourth-order valence-electron chi connectivity index (χ4n) is 4.68. The van der Waals surface area contributed by atoms with Crippen molar-refractivity contribution < 1.29 is 9.59 Å². The molecule has 0 atom stereocenters. The molecule has 5 aromatic rings. The van der Waals surface area contributed by atoms with Crippen molar-refractivity contribution >= 4 is 34.3 Å². The molecule has 8 nitrogen and oxygen atoms in total. The Morgan fingerprint density at radius 2 is 1.56 bits per heavy atom. The van der Waals surface area contributed by atoms with Gasteiger partial charge in [0.15, 0.2) is 5.43 Å². The Labute approximate surface area is 241 Å². The molecule has 0 aliphatic heterocycles. The SMILES string of the molecule is CN(C)C(=O)c1c(CNC(=O)c2ccn(Cc3ccccc3)c(=O)c2)c(=O)c2ccc(Cl)cc2n1-c1ccccc1. The number of amides is 2. The first-order valence-corrected chi connectivity index (χ1v) is 13.3. The van der Waals surface area contributed by atoms with E-state index in [-0.39, 0.29) is 28.9 Å². The van der Waals surface area contributed by atoms with Crippen LogP contribution in [0.25, 0.3) is 16.6 Å². The van der Waals surface area contributed by atoms with E-state index in [1.54, 1.807) is 49.1 Å². The lowest BCUT2D eigenvalue weighted by molar-refractivity contribution is 0.0816. The molecule has 0 fully saturated rings. The lowest BCUT2D eigenvalue weighted by atomic mass is 10.0. The van der Waals surface area contributed by atoms with Gasteiger partial charge in [0.1, 0.15) is 5.69 Å². The second kappa shape index (κ2) is 11.7. The third kappa shape index (κ3) is 5.69. The summed E-state index contributed by atoms with van der Waals surface area (Å²) < 4.78 is 3.20. The van der Waals surface area contributed by atoms with Gasteiger partial charge in [-0.1, -0.05) is 60.1 Å². The summed E-state index contributed by atoms with van der Waals surface area (Å²) in [6, 6.07) is 26.4. The van der Waals surface area contributed by atoms with Crippen molar-refractivity contribution in [3.63, 3.8) is 0 Å². The van der Waals surface area contributed by atoms with E-state index >= 15 is 0 Å². The van der Waals surface area contributed by atoms with E-state index in [1.807, 2.05) is 60.7 Å². The predicted octanol–water partition coefficient (Wildman–Crippen LogP) is 4.49. The number of para-hydroxylation sites is 1. The molecular formula is C32H27ClN4O4. The minimum Gasteiger partial charge on any atom is -0.348 e. The Hall–Kier alpha value is -4.95. The standard InChI is InChI=1S/C32H27ClN4O4/c1-35(2)32(41)29-26(30(39)25-14-13-23(33)18-27(25)37(29)24-11-7-4-8-12-24)19-34-31(40)22-15-16-36(28(38)17-22)20-21-9-5-3-6-10-21/h3-18H,19-20H2,1-2H3,(H,34,40). The van der Waals surface area contributed by atoms with Crippen LogP contribution in [0.1, 0.15) is 32.0 Å². The number of pyridine rings is 2. The number of nitrogens with one attached hydrogen (secondary N) is 1. The molecule has 0 saturated heterocycles. The van der Waals surface area contributed by atoms with E-state index in [9.17, 15) is 19.2 Å². The first-order valence-electron chi connectivity index (χ1n) is 12.9. The minimum absolute atomic E-state index is 0.111. The molecule has 2 aromatic heterocycles. The molecule has 41 heavy (non-hydrogen) atoms. The maximum atomic E-state index is 13.8. The number of benzene rings is 3. The maximum absolute atomic E-state index is 13.8. The van der Waals surface area contributed by atoms with Crippen LogP contribution in [0.3, 0.4) is 0 Å². The number of fused-ring (bicyclic) bond motifs is 1. The molecule has 1 N–H and O–H groups in total. The van der Waals surface area contributed by atoms with Crippen LogP contribution in [0.4, 0.5) is 0 Å². The molecule has 0 aliphatic carbocycles. The van der Waals surface area contributed by atoms with Crippen molar-refractivity contribution in [3.05, 3.63) is 145 Å². The third-order valence-electron chi connectivity index (χ3n) is 6.73. The van der Waals surface area contributed by atoms with E-state index in [2.05, 4.69) is 5.32 Å². The zero-order chi connectivity index (χ0) is 29.1. The summed E-state index contributed by atoms with van der Waals surface area (Å²) in [4.78, 5) is 54.6. The third-order valence-corrected chi connectivity index (χ3v) is 6.97. The van der Waals surface area contributed by atoms with E-state index in [0.717, 1.165) is 5.56 Å². The van der Waals surface area contributed by atoms with E-state index in [4.69, 9.17) is 11.6 Å². The average Bonchev–Trinajstić information content (AvgIpc) is 2.97. The predicted molar refractivity (Wildman–Crippen MR) is 160 cm³/mol. The molecule has 0 aliphatic rings. The zero-order valence-electron chi connectivity index (χ0n) is 22.5. The maximum Gasteiger partial charge on any atom is 0.270 e. The van der Waals surface area contributed by atoms with Crippen molar-refractivity contribution in [1.82, 2.24) is 19.4 Å². The van der Waals surface area contributed by atoms with Crippen LogP contribution in [0.5, 0.6) is 0 Å². The van der Waals surface area contributed by atoms with Crippen LogP contribution < -0.4 is 16.3 Å². The molecule has 5 rings (SSSR count). The van der Waals surface area contributed by atoms with Gasteiger partial charge >= 0.3 is 0 Å². The van der Waals surface area contributed by atoms with Gasteiger partial charge in [-0.25, -0.2) is 0 Å². The number of nitrogens with zero attached hydrogens (tertiary/aromatic N) is 3. The molecule has 0 saturated carbocycles. The van der Waals surface area contributed by atoms with E-state index in [1.165, 1.54) is 15.5 Å². The lowest BCUT2D eigenvalue weighted by Crippen LogP contribution is -2.34. The van der Waals surface area contributed by atoms with Crippen molar-refractivity contribution in [1.29, 1.82) is 0 Å². The summed E-state index contributed by atoms with van der Waals surface area (Å²) in [6.45, 7) is 0.142. The second-order valence-corrected chi connectivity index (χ2v) is 10.2. The van der Waals surface area contributed by atoms with Gasteiger partial charge in [0, 0.05) is 60.1 Å². The van der Waals surface area contributed by atoms with Crippen molar-refractivity contribution in [2.24, 2.45) is 0 Å². The molecule has 0 unspecified atom stereocenters. The lowest BCUT2D eigenvalue weighted by Gasteiger charge is -2.22. The normalized spacial score (nSPS) is 10.9. The van der Waals surface area contributed by atoms with Crippen LogP contribution in [-0.2, 0) is 13.1 Å². The Kier molecular flexibility index (Phi) is 7.85. The van der Waals surface area contributed by atoms with Gasteiger partial charge in [-0.2, -0.15) is 0 Å². The summed E-state index contributed by atoms with van der Waals surface area (Å²) in [6.07, 6.45) is 1.56. The fraction of sp³-hybridized carbons (Fsp3) is 0.125. The van der Waals surface area contributed by atoms with Crippen LogP contribution in [0.2, 0.25) is 5.02 Å². The van der Waals surface area contributed by atoms with Gasteiger partial charge in [0.05, 0.1) is 12.1 Å². The summed E-state index contributed by atoms with van der Waals surface area (Å²) in [5.74, 6) is -0.959. The van der Waals surface area contributed by atoms with Crippen LogP contribution in [0.15, 0.2) is 107 Å². The number of rotatable bonds is 7. The molecule has 0 bridgehead atoms. The van der Waals surface area contributed by atoms with Crippen LogP contribution in [0, 0.1) is 0 Å². The van der Waals surface area contributed by atoms with Crippen LogP contribution >= 0.6 is 11.6 Å². The highest BCUT2D eigenvalue weighted by Crippen LogP contribution is 2.25. The molecule has 206 valence electrons. The first-order chi connectivity index (χ1) is 19.7. The van der Waals surface area contributed by atoms with Crippen molar-refractivity contribution in [2.75, 3.05) is 14.1 Å². The molecule has 2 heterocycles. The quantitative estimate of drug-likeness (QED) is 0.314. The van der Waals surface area contributed by atoms with Gasteiger partial charge in [0.25, 0.3) is 17.4 Å². The number of carbonyl (C=O) groups is 2. The van der Waals surface area contributed by atoms with Gasteiger partial charge in [-0.3, -0.25) is 19.2 Å². The van der Waals surface area contributed by atoms with Gasteiger partial charge < -0.3 is 19.4 Å². The fourth-order valence-corrected chi connectivity index (χ4v) is 4.85. The first kappa shape index (κ1) is 27.6. The smallest absolute Gasteiger partial charge is 0.270 e. The number of halogens is 1. The highest BCUT2D eigenvalue weighted by atomic mass is 35.5. The number of carbonyl (C=O) groups excluding carboxylic acids is 2. The zero-order valence-corrected chi connectivity index (χ0v) is 23.3. The molecule has 3 aromatic carbocycles. The highest BCUT2D eigenvalue weighted by molar-refractivity contribution is 6.31. The Morgan fingerprint density at radius 1 is 0.878 bits per heavy atom. The van der Waals surface area contributed by atoms with E-state index < -0.39 is 17.2 Å². The number of hydrogen-bond acceptors (Lipinski definition) is 4. The summed E-state index contributed by atoms with van der Waals surface area (Å²) in [5.41, 5.74) is 1.72. The second-order valence-electron chi connectivity index (χ2n) is 9.74. The van der Waals surface area contributed by atoms with E-state index in [0.29, 0.717) is 28.2 Å². The largest absolute Gasteiger partial charge is 0.348 e. The summed E-state index contributed by atoms with van der Waals surface area (Å²) in [5, 5.41) is 3.50. The van der Waals surface area contributed by atoms with Gasteiger partial charge in [0.2, 0.25) is 0 Å². The molecule has 0 spiro atoms. The van der Waals surface area contributed by atoms with Gasteiger partial charge in [-0.05, 0) is 42.0 Å². The van der Waals surface area contributed by atoms with Gasteiger partial charge in [-0.15, -0.1) is 0 Å². The van der Waals surface area contributed by atoms with Crippen molar-refractivity contribution in [3.8, 4) is 5.69 Å². The summed E-state index contributed by atoms with van der Waals surface area (Å²) in [7, 11) is 3.19. The molecular weight excluding hydrogens is 540 g/mol. The Bertz CT molecular complexity index is 1880. The topological polar surface area (TPSA) is 93.4 Å². The number of aromatic nitrogens is 2. The number of hydrogen-bond donors (Lipinski definition) is 1. The molecule has 0 radical (unpaired) electrons. The minimum atomic E-state index is -0.543. The van der Waals surface area contributed by atoms with Crippen LogP contribution in [-0.4, -0.2) is 39.9 Å². The average molecular weight is 567 g/mol. The molecule has 2 amide bonds. The van der Waals surface area contributed by atoms with Crippen molar-refractivity contribution in [2.45, 2.75) is 13.1 Å². The highest BCUT2D eigenvalue weighted by Gasteiger charge is 2.25. The molecule has 9 heteroatoms.